The maximum atomic E-state index is 13.0. The van der Waals surface area contributed by atoms with Crippen molar-refractivity contribution in [1.29, 1.82) is 0 Å². The number of halogens is 3. The Hall–Kier alpha value is -0.970. The van der Waals surface area contributed by atoms with Crippen molar-refractivity contribution in [3.05, 3.63) is 35.4 Å². The van der Waals surface area contributed by atoms with Crippen molar-refractivity contribution in [2.75, 3.05) is 6.54 Å². The number of carbonyl (C=O) groups is 1. The highest BCUT2D eigenvalue weighted by Crippen LogP contribution is 2.28. The molecule has 1 fully saturated rings. The zero-order valence-corrected chi connectivity index (χ0v) is 12.8. The second-order valence-corrected chi connectivity index (χ2v) is 6.64. The summed E-state index contributed by atoms with van der Waals surface area (Å²) in [5, 5.41) is 2.88. The number of amides is 1. The summed E-state index contributed by atoms with van der Waals surface area (Å²) in [4.78, 5) is 12.4. The van der Waals surface area contributed by atoms with Crippen molar-refractivity contribution in [3.63, 3.8) is 0 Å². The molecule has 2 nitrogen and oxygen atoms in total. The van der Waals surface area contributed by atoms with Gasteiger partial charge in [-0.25, -0.2) is 8.78 Å². The molecule has 1 aliphatic rings. The Morgan fingerprint density at radius 1 is 1.20 bits per heavy atom. The van der Waals surface area contributed by atoms with Gasteiger partial charge in [0.25, 0.3) is 0 Å². The average molecular weight is 346 g/mol. The van der Waals surface area contributed by atoms with Gasteiger partial charge in [0.15, 0.2) is 11.6 Å². The zero-order chi connectivity index (χ0) is 14.5. The summed E-state index contributed by atoms with van der Waals surface area (Å²) >= 11 is 3.60. The molecule has 0 saturated heterocycles. The summed E-state index contributed by atoms with van der Waals surface area (Å²) in [6, 6.07) is 3.56. The largest absolute Gasteiger partial charge is 0.356 e. The van der Waals surface area contributed by atoms with Crippen molar-refractivity contribution in [2.24, 2.45) is 5.92 Å². The molecule has 1 N–H and O–H groups in total. The van der Waals surface area contributed by atoms with Crippen LogP contribution in [0.5, 0.6) is 0 Å². The van der Waals surface area contributed by atoms with Crippen LogP contribution < -0.4 is 5.32 Å². The molecular formula is C15H18BrF2NO. The van der Waals surface area contributed by atoms with E-state index in [0.717, 1.165) is 37.8 Å². The van der Waals surface area contributed by atoms with Crippen molar-refractivity contribution >= 4 is 21.8 Å². The van der Waals surface area contributed by atoms with Gasteiger partial charge < -0.3 is 5.32 Å². The van der Waals surface area contributed by atoms with Gasteiger partial charge in [-0.05, 0) is 49.3 Å². The Bertz CT molecular complexity index is 473. The van der Waals surface area contributed by atoms with Crippen LogP contribution in [0.3, 0.4) is 0 Å². The standard InChI is InChI=1S/C15H18BrF2NO/c16-12-4-1-10(2-5-12)9-19-15(20)8-11-3-6-13(17)14(18)7-11/h3,6-7,10,12H,1-2,4-5,8-9H2,(H,19,20). The summed E-state index contributed by atoms with van der Waals surface area (Å²) in [7, 11) is 0. The molecule has 0 spiro atoms. The predicted molar refractivity (Wildman–Crippen MR) is 77.7 cm³/mol. The van der Waals surface area contributed by atoms with Crippen LogP contribution >= 0.6 is 15.9 Å². The van der Waals surface area contributed by atoms with Crippen LogP contribution in [0.1, 0.15) is 31.2 Å². The Morgan fingerprint density at radius 3 is 2.55 bits per heavy atom. The molecule has 110 valence electrons. The van der Waals surface area contributed by atoms with Crippen molar-refractivity contribution in [1.82, 2.24) is 5.32 Å². The first-order valence-electron chi connectivity index (χ1n) is 6.89. The maximum Gasteiger partial charge on any atom is 0.224 e. The second kappa shape index (κ2) is 7.16. The smallest absolute Gasteiger partial charge is 0.224 e. The molecule has 0 radical (unpaired) electrons. The topological polar surface area (TPSA) is 29.1 Å². The van der Waals surface area contributed by atoms with Gasteiger partial charge >= 0.3 is 0 Å². The highest BCUT2D eigenvalue weighted by molar-refractivity contribution is 9.09. The van der Waals surface area contributed by atoms with E-state index in [0.29, 0.717) is 22.9 Å². The van der Waals surface area contributed by atoms with Crippen LogP contribution in [0.2, 0.25) is 0 Å². The van der Waals surface area contributed by atoms with Crippen LogP contribution in [0.25, 0.3) is 0 Å². The lowest BCUT2D eigenvalue weighted by molar-refractivity contribution is -0.120. The molecule has 0 atom stereocenters. The number of hydrogen-bond acceptors (Lipinski definition) is 1. The first kappa shape index (κ1) is 15.4. The van der Waals surface area contributed by atoms with Gasteiger partial charge in [-0.1, -0.05) is 22.0 Å². The molecular weight excluding hydrogens is 328 g/mol. The van der Waals surface area contributed by atoms with E-state index in [1.165, 1.54) is 6.07 Å². The summed E-state index contributed by atoms with van der Waals surface area (Å²) in [6.45, 7) is 0.669. The van der Waals surface area contributed by atoms with Crippen molar-refractivity contribution in [3.8, 4) is 0 Å². The molecule has 1 aliphatic carbocycles. The minimum Gasteiger partial charge on any atom is -0.356 e. The molecule has 0 unspecified atom stereocenters. The third-order valence-electron chi connectivity index (χ3n) is 3.71. The number of hydrogen-bond donors (Lipinski definition) is 1. The van der Waals surface area contributed by atoms with Crippen LogP contribution in [0.4, 0.5) is 8.78 Å². The lowest BCUT2D eigenvalue weighted by Gasteiger charge is -2.25. The minimum absolute atomic E-state index is 0.0883. The predicted octanol–water partition coefficient (Wildman–Crippen LogP) is 3.58. The van der Waals surface area contributed by atoms with Crippen LogP contribution in [-0.4, -0.2) is 17.3 Å². The maximum absolute atomic E-state index is 13.0. The van der Waals surface area contributed by atoms with Crippen molar-refractivity contribution < 1.29 is 13.6 Å². The normalized spacial score (nSPS) is 22.6. The summed E-state index contributed by atoms with van der Waals surface area (Å²) in [6.07, 6.45) is 4.60. The molecule has 5 heteroatoms. The van der Waals surface area contributed by atoms with E-state index in [1.807, 2.05) is 0 Å². The Balaban J connectivity index is 1.76. The molecule has 2 rings (SSSR count). The highest BCUT2D eigenvalue weighted by atomic mass is 79.9. The molecule has 1 amide bonds. The van der Waals surface area contributed by atoms with E-state index in [1.54, 1.807) is 0 Å². The lowest BCUT2D eigenvalue weighted by atomic mass is 9.89. The third kappa shape index (κ3) is 4.54. The van der Waals surface area contributed by atoms with E-state index in [4.69, 9.17) is 0 Å². The van der Waals surface area contributed by atoms with Gasteiger partial charge in [0.2, 0.25) is 5.91 Å². The van der Waals surface area contributed by atoms with Gasteiger partial charge in [-0.3, -0.25) is 4.79 Å². The van der Waals surface area contributed by atoms with Gasteiger partial charge in [0.1, 0.15) is 0 Å². The van der Waals surface area contributed by atoms with Crippen molar-refractivity contribution in [2.45, 2.75) is 36.9 Å². The summed E-state index contributed by atoms with van der Waals surface area (Å²) in [5.41, 5.74) is 0.491. The number of alkyl halides is 1. The zero-order valence-electron chi connectivity index (χ0n) is 11.2. The average Bonchev–Trinajstić information content (AvgIpc) is 2.42. The number of rotatable bonds is 4. The first-order valence-corrected chi connectivity index (χ1v) is 7.81. The van der Waals surface area contributed by atoms with Crippen LogP contribution in [0.15, 0.2) is 18.2 Å². The summed E-state index contributed by atoms with van der Waals surface area (Å²) in [5.74, 6) is -1.42. The Kier molecular flexibility index (Phi) is 5.52. The van der Waals surface area contributed by atoms with Gasteiger partial charge in [0, 0.05) is 11.4 Å². The van der Waals surface area contributed by atoms with E-state index in [9.17, 15) is 13.6 Å². The quantitative estimate of drug-likeness (QED) is 0.830. The summed E-state index contributed by atoms with van der Waals surface area (Å²) < 4.78 is 25.8. The fourth-order valence-electron chi connectivity index (χ4n) is 2.48. The first-order chi connectivity index (χ1) is 9.54. The number of benzene rings is 1. The van der Waals surface area contributed by atoms with E-state index < -0.39 is 11.6 Å². The molecule has 0 bridgehead atoms. The number of carbonyl (C=O) groups excluding carboxylic acids is 1. The monoisotopic (exact) mass is 345 g/mol. The Labute approximate surface area is 126 Å². The highest BCUT2D eigenvalue weighted by Gasteiger charge is 2.19. The molecule has 1 saturated carbocycles. The third-order valence-corrected chi connectivity index (χ3v) is 4.63. The van der Waals surface area contributed by atoms with Gasteiger partial charge in [-0.15, -0.1) is 0 Å². The SMILES string of the molecule is O=C(Cc1ccc(F)c(F)c1)NCC1CCC(Br)CC1. The molecule has 20 heavy (non-hydrogen) atoms. The molecule has 0 aliphatic heterocycles. The van der Waals surface area contributed by atoms with Crippen LogP contribution in [0, 0.1) is 17.6 Å². The fraction of sp³-hybridized carbons (Fsp3) is 0.533. The second-order valence-electron chi connectivity index (χ2n) is 5.35. The lowest BCUT2D eigenvalue weighted by Crippen LogP contribution is -2.32. The fourth-order valence-corrected chi connectivity index (χ4v) is 3.01. The van der Waals surface area contributed by atoms with E-state index in [-0.39, 0.29) is 12.3 Å². The minimum atomic E-state index is -0.911. The van der Waals surface area contributed by atoms with E-state index >= 15 is 0 Å². The van der Waals surface area contributed by atoms with E-state index in [2.05, 4.69) is 21.2 Å². The molecule has 1 aromatic carbocycles. The molecule has 1 aromatic rings. The van der Waals surface area contributed by atoms with Crippen LogP contribution in [-0.2, 0) is 11.2 Å². The Morgan fingerprint density at radius 2 is 1.90 bits per heavy atom. The van der Waals surface area contributed by atoms with Gasteiger partial charge in [0.05, 0.1) is 6.42 Å². The molecule has 0 heterocycles. The molecule has 0 aromatic heterocycles. The van der Waals surface area contributed by atoms with Gasteiger partial charge in [-0.2, -0.15) is 0 Å². The number of nitrogens with one attached hydrogen (secondary N) is 1.